The highest BCUT2D eigenvalue weighted by Gasteiger charge is 2.26. The van der Waals surface area contributed by atoms with E-state index in [2.05, 4.69) is 11.4 Å². The second-order valence-corrected chi connectivity index (χ2v) is 8.59. The maximum atomic E-state index is 15.1. The molecule has 0 heterocycles. The Morgan fingerprint density at radius 1 is 1.13 bits per heavy atom. The largest absolute Gasteiger partial charge is 0.481 e. The number of amides is 1. The van der Waals surface area contributed by atoms with E-state index in [0.717, 1.165) is 16.7 Å². The maximum Gasteiger partial charge on any atom is 0.408 e. The average Bonchev–Trinajstić information content (AvgIpc) is 2.61. The van der Waals surface area contributed by atoms with Crippen LogP contribution >= 0.6 is 0 Å². The van der Waals surface area contributed by atoms with Crippen molar-refractivity contribution in [3.05, 3.63) is 57.9 Å². The van der Waals surface area contributed by atoms with E-state index >= 15 is 4.39 Å². The summed E-state index contributed by atoms with van der Waals surface area (Å²) in [5.41, 5.74) is 3.29. The quantitative estimate of drug-likeness (QED) is 0.673. The number of aliphatic carboxylic acids is 1. The van der Waals surface area contributed by atoms with Crippen molar-refractivity contribution in [2.75, 3.05) is 0 Å². The van der Waals surface area contributed by atoms with Crippen molar-refractivity contribution in [3.8, 4) is 17.2 Å². The number of nitrogens with zero attached hydrogens (tertiary/aromatic N) is 1. The number of hydrogen-bond acceptors (Lipinski definition) is 4. The fraction of sp³-hybridized carbons (Fsp3) is 0.375. The van der Waals surface area contributed by atoms with Gasteiger partial charge in [-0.05, 0) is 93.6 Å². The molecule has 0 saturated carbocycles. The number of rotatable bonds is 5. The third-order valence-corrected chi connectivity index (χ3v) is 4.68. The summed E-state index contributed by atoms with van der Waals surface area (Å²) in [5.74, 6) is -1.77. The molecule has 2 aromatic rings. The molecule has 164 valence electrons. The van der Waals surface area contributed by atoms with Gasteiger partial charge in [0.2, 0.25) is 0 Å². The molecule has 6 nitrogen and oxygen atoms in total. The smallest absolute Gasteiger partial charge is 0.408 e. The molecule has 2 rings (SSSR count). The van der Waals surface area contributed by atoms with Gasteiger partial charge in [0.25, 0.3) is 0 Å². The Labute approximate surface area is 181 Å². The summed E-state index contributed by atoms with van der Waals surface area (Å²) < 4.78 is 20.3. The summed E-state index contributed by atoms with van der Waals surface area (Å²) in [5, 5.41) is 21.0. The van der Waals surface area contributed by atoms with Crippen LogP contribution in [0, 0.1) is 37.9 Å². The van der Waals surface area contributed by atoms with E-state index in [4.69, 9.17) is 4.74 Å². The van der Waals surface area contributed by atoms with Gasteiger partial charge in [0.15, 0.2) is 0 Å². The summed E-state index contributed by atoms with van der Waals surface area (Å²) in [6.07, 6.45) is -1.34. The van der Waals surface area contributed by atoms with Gasteiger partial charge in [0, 0.05) is 5.56 Å². The molecule has 0 saturated heterocycles. The normalized spacial score (nSPS) is 12.1. The second-order valence-electron chi connectivity index (χ2n) is 8.59. The minimum Gasteiger partial charge on any atom is -0.481 e. The molecule has 0 radical (unpaired) electrons. The van der Waals surface area contributed by atoms with Crippen LogP contribution in [0.5, 0.6) is 0 Å². The lowest BCUT2D eigenvalue weighted by molar-refractivity contribution is -0.137. The summed E-state index contributed by atoms with van der Waals surface area (Å²) in [6.45, 7) is 10.3. The number of ether oxygens (including phenoxy) is 1. The highest BCUT2D eigenvalue weighted by molar-refractivity contribution is 5.75. The first kappa shape index (κ1) is 23.9. The Balaban J connectivity index is 2.59. The monoisotopic (exact) mass is 426 g/mol. The minimum absolute atomic E-state index is 0.0615. The Hall–Kier alpha value is -3.40. The molecular formula is C24H27FN2O4. The van der Waals surface area contributed by atoms with Crippen LogP contribution in [0.4, 0.5) is 9.18 Å². The molecule has 0 aromatic heterocycles. The summed E-state index contributed by atoms with van der Waals surface area (Å²) >= 11 is 0. The molecule has 0 spiro atoms. The van der Waals surface area contributed by atoms with E-state index in [1.165, 1.54) is 0 Å². The van der Waals surface area contributed by atoms with Gasteiger partial charge in [-0.1, -0.05) is 0 Å². The van der Waals surface area contributed by atoms with Gasteiger partial charge in [-0.3, -0.25) is 4.79 Å². The van der Waals surface area contributed by atoms with Crippen molar-refractivity contribution in [3.63, 3.8) is 0 Å². The number of benzene rings is 2. The van der Waals surface area contributed by atoms with Gasteiger partial charge >= 0.3 is 12.1 Å². The number of hydrogen-bond donors (Lipinski definition) is 2. The van der Waals surface area contributed by atoms with Gasteiger partial charge in [-0.15, -0.1) is 0 Å². The molecule has 0 bridgehead atoms. The first-order valence-corrected chi connectivity index (χ1v) is 9.85. The molecule has 0 aliphatic heterocycles. The van der Waals surface area contributed by atoms with Crippen LogP contribution in [0.15, 0.2) is 24.3 Å². The number of carbonyl (C=O) groups is 2. The van der Waals surface area contributed by atoms with Crippen LogP contribution in [0.25, 0.3) is 11.1 Å². The molecule has 1 unspecified atom stereocenters. The van der Waals surface area contributed by atoms with Crippen LogP contribution < -0.4 is 5.32 Å². The molecule has 1 amide bonds. The Morgan fingerprint density at radius 3 is 2.19 bits per heavy atom. The molecule has 2 N–H and O–H groups in total. The predicted octanol–water partition coefficient (Wildman–Crippen LogP) is 5.33. The molecule has 2 aromatic carbocycles. The van der Waals surface area contributed by atoms with Crippen LogP contribution in [0.1, 0.15) is 61.1 Å². The minimum atomic E-state index is -1.19. The molecule has 7 heteroatoms. The standard InChI is InChI=1S/C24H27FN2O4/c1-13-7-16(12-26)8-14(2)21(13)17-9-15(3)22(25)18(10-17)19(11-20(28)29)27-23(30)31-24(4,5)6/h7-10,19H,11H2,1-6H3,(H,27,30)(H,28,29). The van der Waals surface area contributed by atoms with Crippen molar-refractivity contribution in [1.29, 1.82) is 5.26 Å². The van der Waals surface area contributed by atoms with Gasteiger partial charge in [-0.2, -0.15) is 5.26 Å². The number of halogens is 1. The van der Waals surface area contributed by atoms with Crippen LogP contribution in [0.3, 0.4) is 0 Å². The van der Waals surface area contributed by atoms with E-state index < -0.39 is 35.9 Å². The lowest BCUT2D eigenvalue weighted by Gasteiger charge is -2.24. The maximum absolute atomic E-state index is 15.1. The molecule has 31 heavy (non-hydrogen) atoms. The lowest BCUT2D eigenvalue weighted by Crippen LogP contribution is -2.36. The number of carboxylic acid groups (broad SMARTS) is 1. The van der Waals surface area contributed by atoms with Crippen molar-refractivity contribution in [1.82, 2.24) is 5.32 Å². The van der Waals surface area contributed by atoms with E-state index in [9.17, 15) is 20.0 Å². The molecular weight excluding hydrogens is 399 g/mol. The van der Waals surface area contributed by atoms with Crippen molar-refractivity contribution in [2.45, 2.75) is 59.6 Å². The number of carboxylic acids is 1. The first-order valence-electron chi connectivity index (χ1n) is 9.85. The zero-order valence-corrected chi connectivity index (χ0v) is 18.6. The Morgan fingerprint density at radius 2 is 1.71 bits per heavy atom. The van der Waals surface area contributed by atoms with Crippen molar-refractivity contribution >= 4 is 12.1 Å². The van der Waals surface area contributed by atoms with Crippen molar-refractivity contribution < 1.29 is 23.8 Å². The fourth-order valence-electron chi connectivity index (χ4n) is 3.54. The first-order chi connectivity index (χ1) is 14.3. The summed E-state index contributed by atoms with van der Waals surface area (Å²) in [7, 11) is 0. The average molecular weight is 426 g/mol. The van der Waals surface area contributed by atoms with Gasteiger partial charge in [-0.25, -0.2) is 9.18 Å². The fourth-order valence-corrected chi connectivity index (χ4v) is 3.54. The molecule has 1 atom stereocenters. The Bertz CT molecular complexity index is 1040. The van der Waals surface area contributed by atoms with E-state index in [1.807, 2.05) is 13.8 Å². The summed E-state index contributed by atoms with van der Waals surface area (Å²) in [4.78, 5) is 23.7. The molecule has 0 fully saturated rings. The topological polar surface area (TPSA) is 99.4 Å². The zero-order valence-electron chi connectivity index (χ0n) is 18.6. The number of nitriles is 1. The third-order valence-electron chi connectivity index (χ3n) is 4.68. The SMILES string of the molecule is Cc1cc(-c2c(C)cc(C#N)cc2C)cc(C(CC(=O)O)NC(=O)OC(C)(C)C)c1F. The Kier molecular flexibility index (Phi) is 7.06. The van der Waals surface area contributed by atoms with Crippen molar-refractivity contribution in [2.24, 2.45) is 0 Å². The van der Waals surface area contributed by atoms with Gasteiger partial charge < -0.3 is 15.2 Å². The second kappa shape index (κ2) is 9.17. The van der Waals surface area contributed by atoms with Gasteiger partial charge in [0.05, 0.1) is 24.1 Å². The third kappa shape index (κ3) is 6.05. The van der Waals surface area contributed by atoms with Crippen LogP contribution in [-0.4, -0.2) is 22.8 Å². The summed E-state index contributed by atoms with van der Waals surface area (Å²) in [6, 6.07) is 7.70. The van der Waals surface area contributed by atoms with E-state index in [0.29, 0.717) is 16.7 Å². The highest BCUT2D eigenvalue weighted by Crippen LogP contribution is 2.34. The van der Waals surface area contributed by atoms with Crippen LogP contribution in [-0.2, 0) is 9.53 Å². The number of aryl methyl sites for hydroxylation is 3. The predicted molar refractivity (Wildman–Crippen MR) is 115 cm³/mol. The van der Waals surface area contributed by atoms with E-state index in [1.54, 1.807) is 52.0 Å². The molecule has 0 aliphatic carbocycles. The van der Waals surface area contributed by atoms with Gasteiger partial charge in [0.1, 0.15) is 11.4 Å². The lowest BCUT2D eigenvalue weighted by atomic mass is 9.89. The number of carbonyl (C=O) groups excluding carboxylic acids is 1. The number of alkyl carbamates (subject to hydrolysis) is 1. The molecule has 0 aliphatic rings. The number of nitrogens with one attached hydrogen (secondary N) is 1. The highest BCUT2D eigenvalue weighted by atomic mass is 19.1. The zero-order chi connectivity index (χ0) is 23.5. The van der Waals surface area contributed by atoms with E-state index in [-0.39, 0.29) is 5.56 Å². The van der Waals surface area contributed by atoms with Crippen LogP contribution in [0.2, 0.25) is 0 Å².